The number of likely N-dealkylation sites (tertiary alicyclic amines) is 1. The van der Waals surface area contributed by atoms with Crippen LogP contribution >= 0.6 is 0 Å². The molecule has 2 atom stereocenters. The molecule has 1 amide bonds. The van der Waals surface area contributed by atoms with Crippen molar-refractivity contribution >= 4 is 5.91 Å². The molecule has 0 bridgehead atoms. The van der Waals surface area contributed by atoms with Crippen molar-refractivity contribution in [2.45, 2.75) is 51.6 Å². The van der Waals surface area contributed by atoms with Gasteiger partial charge in [0, 0.05) is 26.7 Å². The van der Waals surface area contributed by atoms with Gasteiger partial charge in [0.2, 0.25) is 5.91 Å². The summed E-state index contributed by atoms with van der Waals surface area (Å²) in [5.41, 5.74) is 5.56. The molecule has 4 heteroatoms. The van der Waals surface area contributed by atoms with Crippen LogP contribution in [-0.2, 0) is 9.53 Å². The van der Waals surface area contributed by atoms with Gasteiger partial charge in [0.15, 0.2) is 0 Å². The number of nitrogens with zero attached hydrogens (tertiary/aromatic N) is 1. The van der Waals surface area contributed by atoms with Crippen LogP contribution in [0.5, 0.6) is 0 Å². The molecule has 0 spiro atoms. The SMILES string of the molecule is CCCC1CCCN(C(=O)CC(CN)OC)CC1. The van der Waals surface area contributed by atoms with E-state index in [9.17, 15) is 4.79 Å². The molecule has 0 radical (unpaired) electrons. The van der Waals surface area contributed by atoms with Crippen LogP contribution in [0, 0.1) is 5.92 Å². The minimum absolute atomic E-state index is 0.132. The number of hydrogen-bond acceptors (Lipinski definition) is 3. The Morgan fingerprint density at radius 1 is 1.44 bits per heavy atom. The Kier molecular flexibility index (Phi) is 7.28. The molecule has 1 rings (SSSR count). The maximum absolute atomic E-state index is 12.1. The molecule has 1 fully saturated rings. The van der Waals surface area contributed by atoms with E-state index in [1.807, 2.05) is 4.90 Å². The summed E-state index contributed by atoms with van der Waals surface area (Å²) < 4.78 is 5.18. The summed E-state index contributed by atoms with van der Waals surface area (Å²) in [4.78, 5) is 14.1. The Morgan fingerprint density at radius 3 is 2.83 bits per heavy atom. The van der Waals surface area contributed by atoms with Crippen LogP contribution in [0.3, 0.4) is 0 Å². The average Bonchev–Trinajstić information content (AvgIpc) is 2.62. The number of nitrogens with two attached hydrogens (primary N) is 1. The van der Waals surface area contributed by atoms with Gasteiger partial charge in [-0.2, -0.15) is 0 Å². The van der Waals surface area contributed by atoms with Gasteiger partial charge in [-0.25, -0.2) is 0 Å². The quantitative estimate of drug-likeness (QED) is 0.788. The van der Waals surface area contributed by atoms with E-state index in [-0.39, 0.29) is 12.0 Å². The molecule has 1 aliphatic rings. The second kappa shape index (κ2) is 8.48. The lowest BCUT2D eigenvalue weighted by Gasteiger charge is -2.23. The molecule has 1 saturated heterocycles. The molecule has 2 N–H and O–H groups in total. The minimum Gasteiger partial charge on any atom is -0.380 e. The predicted molar refractivity (Wildman–Crippen MR) is 73.3 cm³/mol. The van der Waals surface area contributed by atoms with E-state index < -0.39 is 0 Å². The third-order valence-electron chi connectivity index (χ3n) is 3.90. The van der Waals surface area contributed by atoms with Crippen LogP contribution in [0.15, 0.2) is 0 Å². The van der Waals surface area contributed by atoms with E-state index in [1.54, 1.807) is 7.11 Å². The van der Waals surface area contributed by atoms with Gasteiger partial charge in [0.05, 0.1) is 12.5 Å². The van der Waals surface area contributed by atoms with Gasteiger partial charge in [0.1, 0.15) is 0 Å². The molecule has 1 heterocycles. The fourth-order valence-electron chi connectivity index (χ4n) is 2.70. The molecule has 0 aromatic rings. The summed E-state index contributed by atoms with van der Waals surface area (Å²) in [5, 5.41) is 0. The number of amides is 1. The third-order valence-corrected chi connectivity index (χ3v) is 3.90. The number of carbonyl (C=O) groups is 1. The molecule has 106 valence electrons. The zero-order chi connectivity index (χ0) is 13.4. The lowest BCUT2D eigenvalue weighted by atomic mass is 9.96. The molecule has 18 heavy (non-hydrogen) atoms. The largest absolute Gasteiger partial charge is 0.380 e. The van der Waals surface area contributed by atoms with Gasteiger partial charge in [-0.15, -0.1) is 0 Å². The second-order valence-corrected chi connectivity index (χ2v) is 5.26. The normalized spacial score (nSPS) is 22.6. The van der Waals surface area contributed by atoms with E-state index in [2.05, 4.69) is 6.92 Å². The van der Waals surface area contributed by atoms with E-state index in [0.29, 0.717) is 13.0 Å². The standard InChI is InChI=1S/C14H28N2O2/c1-3-5-12-6-4-8-16(9-7-12)14(17)10-13(11-15)18-2/h12-13H,3-11,15H2,1-2H3. The van der Waals surface area contributed by atoms with Crippen molar-refractivity contribution in [1.82, 2.24) is 4.90 Å². The van der Waals surface area contributed by atoms with Gasteiger partial charge in [0.25, 0.3) is 0 Å². The number of hydrogen-bond donors (Lipinski definition) is 1. The van der Waals surface area contributed by atoms with Crippen LogP contribution in [0.2, 0.25) is 0 Å². The van der Waals surface area contributed by atoms with Crippen LogP contribution in [-0.4, -0.2) is 43.7 Å². The molecule has 0 saturated carbocycles. The Labute approximate surface area is 111 Å². The molecule has 1 aliphatic heterocycles. The van der Waals surface area contributed by atoms with Crippen LogP contribution in [0.25, 0.3) is 0 Å². The van der Waals surface area contributed by atoms with Gasteiger partial charge >= 0.3 is 0 Å². The minimum atomic E-state index is -0.132. The lowest BCUT2D eigenvalue weighted by molar-refractivity contribution is -0.133. The Hall–Kier alpha value is -0.610. The first-order valence-electron chi connectivity index (χ1n) is 7.21. The van der Waals surface area contributed by atoms with Crippen molar-refractivity contribution in [2.24, 2.45) is 11.7 Å². The second-order valence-electron chi connectivity index (χ2n) is 5.26. The first kappa shape index (κ1) is 15.4. The van der Waals surface area contributed by atoms with Crippen LogP contribution in [0.1, 0.15) is 45.4 Å². The van der Waals surface area contributed by atoms with Crippen LogP contribution < -0.4 is 5.73 Å². The first-order chi connectivity index (χ1) is 8.71. The maximum Gasteiger partial charge on any atom is 0.225 e. The van der Waals surface area contributed by atoms with E-state index >= 15 is 0 Å². The van der Waals surface area contributed by atoms with Crippen molar-refractivity contribution in [2.75, 3.05) is 26.7 Å². The predicted octanol–water partition coefficient (Wildman–Crippen LogP) is 1.78. The highest BCUT2D eigenvalue weighted by atomic mass is 16.5. The van der Waals surface area contributed by atoms with Crippen molar-refractivity contribution < 1.29 is 9.53 Å². The maximum atomic E-state index is 12.1. The van der Waals surface area contributed by atoms with E-state index in [0.717, 1.165) is 31.8 Å². The van der Waals surface area contributed by atoms with E-state index in [1.165, 1.54) is 19.3 Å². The Morgan fingerprint density at radius 2 is 2.22 bits per heavy atom. The topological polar surface area (TPSA) is 55.6 Å². The monoisotopic (exact) mass is 256 g/mol. The van der Waals surface area contributed by atoms with Gasteiger partial charge in [-0.1, -0.05) is 19.8 Å². The number of rotatable bonds is 6. The zero-order valence-corrected chi connectivity index (χ0v) is 11.9. The molecule has 4 nitrogen and oxygen atoms in total. The molecular weight excluding hydrogens is 228 g/mol. The summed E-state index contributed by atoms with van der Waals surface area (Å²) in [6.07, 6.45) is 6.39. The first-order valence-corrected chi connectivity index (χ1v) is 7.21. The lowest BCUT2D eigenvalue weighted by Crippen LogP contribution is -2.36. The highest BCUT2D eigenvalue weighted by molar-refractivity contribution is 5.76. The number of carbonyl (C=O) groups excluding carboxylic acids is 1. The highest BCUT2D eigenvalue weighted by Gasteiger charge is 2.22. The summed E-state index contributed by atoms with van der Waals surface area (Å²) >= 11 is 0. The fraction of sp³-hybridized carbons (Fsp3) is 0.929. The highest BCUT2D eigenvalue weighted by Crippen LogP contribution is 2.22. The van der Waals surface area contributed by atoms with Crippen molar-refractivity contribution in [3.63, 3.8) is 0 Å². The summed E-state index contributed by atoms with van der Waals surface area (Å²) in [6, 6.07) is 0. The van der Waals surface area contributed by atoms with Crippen LogP contribution in [0.4, 0.5) is 0 Å². The average molecular weight is 256 g/mol. The van der Waals surface area contributed by atoms with Crippen molar-refractivity contribution in [3.05, 3.63) is 0 Å². The van der Waals surface area contributed by atoms with Crippen molar-refractivity contribution in [3.8, 4) is 0 Å². The Bertz CT molecular complexity index is 242. The molecule has 0 aromatic carbocycles. The van der Waals surface area contributed by atoms with Crippen molar-refractivity contribution in [1.29, 1.82) is 0 Å². The molecule has 2 unspecified atom stereocenters. The van der Waals surface area contributed by atoms with Gasteiger partial charge < -0.3 is 15.4 Å². The number of methoxy groups -OCH3 is 1. The smallest absolute Gasteiger partial charge is 0.225 e. The summed E-state index contributed by atoms with van der Waals surface area (Å²) in [6.45, 7) is 4.46. The fourth-order valence-corrected chi connectivity index (χ4v) is 2.70. The molecule has 0 aromatic heterocycles. The zero-order valence-electron chi connectivity index (χ0n) is 11.9. The Balaban J connectivity index is 2.39. The molecular formula is C14H28N2O2. The summed E-state index contributed by atoms with van der Waals surface area (Å²) in [5.74, 6) is 1.00. The number of ether oxygens (including phenoxy) is 1. The molecule has 0 aliphatic carbocycles. The summed E-state index contributed by atoms with van der Waals surface area (Å²) in [7, 11) is 1.62. The third kappa shape index (κ3) is 4.94. The van der Waals surface area contributed by atoms with Gasteiger partial charge in [-0.3, -0.25) is 4.79 Å². The van der Waals surface area contributed by atoms with Gasteiger partial charge in [-0.05, 0) is 25.2 Å². The van der Waals surface area contributed by atoms with E-state index in [4.69, 9.17) is 10.5 Å².